The Morgan fingerprint density at radius 2 is 2.08 bits per heavy atom. The summed E-state index contributed by atoms with van der Waals surface area (Å²) < 4.78 is 1.93. The molecule has 0 aliphatic heterocycles. The van der Waals surface area contributed by atoms with Crippen LogP contribution in [0, 0.1) is 5.92 Å². The predicted octanol–water partition coefficient (Wildman–Crippen LogP) is 1.64. The van der Waals surface area contributed by atoms with E-state index in [1.54, 1.807) is 0 Å². The molecule has 74 valence electrons. The lowest BCUT2D eigenvalue weighted by Gasteiger charge is -2.10. The molecule has 0 aliphatic carbocycles. The molecule has 1 heterocycles. The number of aromatic nitrogens is 2. The van der Waals surface area contributed by atoms with Gasteiger partial charge in [-0.15, -0.1) is 0 Å². The average molecular weight is 181 g/mol. The van der Waals surface area contributed by atoms with E-state index in [4.69, 9.17) is 5.73 Å². The Morgan fingerprint density at radius 3 is 2.54 bits per heavy atom. The van der Waals surface area contributed by atoms with Crippen molar-refractivity contribution >= 4 is 0 Å². The maximum absolute atomic E-state index is 5.85. The van der Waals surface area contributed by atoms with Crippen LogP contribution in [0.25, 0.3) is 0 Å². The lowest BCUT2D eigenvalue weighted by molar-refractivity contribution is 0.587. The molecule has 0 aromatic carbocycles. The third-order valence-corrected chi connectivity index (χ3v) is 2.19. The molecule has 1 unspecified atom stereocenters. The van der Waals surface area contributed by atoms with Gasteiger partial charge in [0.05, 0.1) is 6.20 Å². The van der Waals surface area contributed by atoms with E-state index < -0.39 is 0 Å². The minimum Gasteiger partial charge on any atom is -0.324 e. The minimum absolute atomic E-state index is 0.0856. The molecule has 0 saturated carbocycles. The molecule has 0 amide bonds. The summed E-state index contributed by atoms with van der Waals surface area (Å²) in [6, 6.07) is 0.0856. The topological polar surface area (TPSA) is 43.8 Å². The van der Waals surface area contributed by atoms with Gasteiger partial charge in [-0.1, -0.05) is 13.8 Å². The normalized spacial score (nSPS) is 13.7. The van der Waals surface area contributed by atoms with E-state index >= 15 is 0 Å². The van der Waals surface area contributed by atoms with Gasteiger partial charge >= 0.3 is 0 Å². The van der Waals surface area contributed by atoms with Crippen LogP contribution in [-0.4, -0.2) is 9.78 Å². The summed E-state index contributed by atoms with van der Waals surface area (Å²) in [5, 5.41) is 4.23. The van der Waals surface area contributed by atoms with E-state index in [9.17, 15) is 0 Å². The van der Waals surface area contributed by atoms with Gasteiger partial charge in [0.25, 0.3) is 0 Å². The third-order valence-electron chi connectivity index (χ3n) is 2.19. The first-order chi connectivity index (χ1) is 6.02. The van der Waals surface area contributed by atoms with Gasteiger partial charge in [0, 0.05) is 24.3 Å². The van der Waals surface area contributed by atoms with E-state index in [0.29, 0.717) is 5.92 Å². The van der Waals surface area contributed by atoms with Gasteiger partial charge in [-0.3, -0.25) is 4.68 Å². The van der Waals surface area contributed by atoms with Crippen LogP contribution in [0.3, 0.4) is 0 Å². The van der Waals surface area contributed by atoms with E-state index in [0.717, 1.165) is 6.42 Å². The number of rotatable bonds is 3. The summed E-state index contributed by atoms with van der Waals surface area (Å²) in [5.41, 5.74) is 8.30. The van der Waals surface area contributed by atoms with Crippen LogP contribution in [0.2, 0.25) is 0 Å². The van der Waals surface area contributed by atoms with Crippen molar-refractivity contribution < 1.29 is 0 Å². The van der Waals surface area contributed by atoms with Crippen LogP contribution in [0.5, 0.6) is 0 Å². The first-order valence-corrected chi connectivity index (χ1v) is 4.78. The Bertz CT molecular complexity index is 274. The van der Waals surface area contributed by atoms with Gasteiger partial charge in [-0.05, 0) is 19.3 Å². The zero-order chi connectivity index (χ0) is 10.0. The Labute approximate surface area is 79.9 Å². The Balaban J connectivity index is 2.94. The van der Waals surface area contributed by atoms with Gasteiger partial charge in [0.2, 0.25) is 0 Å². The second-order valence-corrected chi connectivity index (χ2v) is 4.06. The standard InChI is InChI=1S/C10H19N3/c1-7(2)5-10-9(8(3)11)6-12-13(10)4/h6-8H,5,11H2,1-4H3. The molecule has 3 heteroatoms. The molecule has 0 spiro atoms. The maximum atomic E-state index is 5.85. The zero-order valence-corrected chi connectivity index (χ0v) is 8.91. The van der Waals surface area contributed by atoms with E-state index in [2.05, 4.69) is 18.9 Å². The van der Waals surface area contributed by atoms with Gasteiger partial charge < -0.3 is 5.73 Å². The van der Waals surface area contributed by atoms with Crippen LogP contribution in [0.4, 0.5) is 0 Å². The number of hydrogen-bond acceptors (Lipinski definition) is 2. The van der Waals surface area contributed by atoms with Gasteiger partial charge in [-0.2, -0.15) is 5.10 Å². The van der Waals surface area contributed by atoms with Crippen molar-refractivity contribution in [1.82, 2.24) is 9.78 Å². The highest BCUT2D eigenvalue weighted by molar-refractivity contribution is 5.21. The molecule has 1 rings (SSSR count). The van der Waals surface area contributed by atoms with Crippen LogP contribution in [0.15, 0.2) is 6.20 Å². The number of nitrogens with two attached hydrogens (primary N) is 1. The SMILES string of the molecule is CC(C)Cc1c(C(C)N)cnn1C. The van der Waals surface area contributed by atoms with Gasteiger partial charge in [-0.25, -0.2) is 0 Å². The fraction of sp³-hybridized carbons (Fsp3) is 0.700. The fourth-order valence-electron chi connectivity index (χ4n) is 1.50. The number of nitrogens with zero attached hydrogens (tertiary/aromatic N) is 2. The summed E-state index contributed by atoms with van der Waals surface area (Å²) in [6.07, 6.45) is 2.93. The average Bonchev–Trinajstić information content (AvgIpc) is 2.32. The summed E-state index contributed by atoms with van der Waals surface area (Å²) in [5.74, 6) is 0.646. The lowest BCUT2D eigenvalue weighted by Crippen LogP contribution is -2.10. The van der Waals surface area contributed by atoms with Crippen molar-refractivity contribution in [3.63, 3.8) is 0 Å². The second kappa shape index (κ2) is 3.92. The summed E-state index contributed by atoms with van der Waals surface area (Å²) in [7, 11) is 1.98. The molecule has 3 nitrogen and oxygen atoms in total. The second-order valence-electron chi connectivity index (χ2n) is 4.06. The van der Waals surface area contributed by atoms with Crippen molar-refractivity contribution in [2.75, 3.05) is 0 Å². The fourth-order valence-corrected chi connectivity index (χ4v) is 1.50. The smallest absolute Gasteiger partial charge is 0.0540 e. The van der Waals surface area contributed by atoms with Crippen molar-refractivity contribution in [3.05, 3.63) is 17.5 Å². The monoisotopic (exact) mass is 181 g/mol. The highest BCUT2D eigenvalue weighted by Gasteiger charge is 2.12. The van der Waals surface area contributed by atoms with Crippen molar-refractivity contribution in [1.29, 1.82) is 0 Å². The molecular formula is C10H19N3. The van der Waals surface area contributed by atoms with Crippen molar-refractivity contribution in [3.8, 4) is 0 Å². The quantitative estimate of drug-likeness (QED) is 0.770. The summed E-state index contributed by atoms with van der Waals surface area (Å²) in [6.45, 7) is 6.41. The Kier molecular flexibility index (Phi) is 3.09. The van der Waals surface area contributed by atoms with Crippen molar-refractivity contribution in [2.45, 2.75) is 33.2 Å². The Hall–Kier alpha value is -0.830. The molecule has 0 aliphatic rings. The highest BCUT2D eigenvalue weighted by Crippen LogP contribution is 2.17. The molecule has 0 saturated heterocycles. The highest BCUT2D eigenvalue weighted by atomic mass is 15.3. The first-order valence-electron chi connectivity index (χ1n) is 4.78. The van der Waals surface area contributed by atoms with Crippen LogP contribution in [-0.2, 0) is 13.5 Å². The van der Waals surface area contributed by atoms with Gasteiger partial charge in [0.15, 0.2) is 0 Å². The minimum atomic E-state index is 0.0856. The van der Waals surface area contributed by atoms with Crippen LogP contribution >= 0.6 is 0 Å². The molecule has 13 heavy (non-hydrogen) atoms. The Morgan fingerprint density at radius 1 is 1.46 bits per heavy atom. The first kappa shape index (κ1) is 10.3. The molecule has 0 fully saturated rings. The summed E-state index contributed by atoms with van der Waals surface area (Å²) in [4.78, 5) is 0. The number of hydrogen-bond donors (Lipinski definition) is 1. The van der Waals surface area contributed by atoms with E-state index in [1.807, 2.05) is 24.9 Å². The van der Waals surface area contributed by atoms with E-state index in [-0.39, 0.29) is 6.04 Å². The molecule has 0 radical (unpaired) electrons. The van der Waals surface area contributed by atoms with Crippen molar-refractivity contribution in [2.24, 2.45) is 18.7 Å². The summed E-state index contributed by atoms with van der Waals surface area (Å²) >= 11 is 0. The maximum Gasteiger partial charge on any atom is 0.0540 e. The largest absolute Gasteiger partial charge is 0.324 e. The number of aryl methyl sites for hydroxylation is 1. The van der Waals surface area contributed by atoms with Crippen LogP contribution in [0.1, 0.15) is 38.1 Å². The molecule has 0 bridgehead atoms. The zero-order valence-electron chi connectivity index (χ0n) is 8.91. The van der Waals surface area contributed by atoms with E-state index in [1.165, 1.54) is 11.3 Å². The molecule has 1 atom stereocenters. The molecule has 1 aromatic heterocycles. The van der Waals surface area contributed by atoms with Gasteiger partial charge in [0.1, 0.15) is 0 Å². The van der Waals surface area contributed by atoms with Crippen LogP contribution < -0.4 is 5.73 Å². The lowest BCUT2D eigenvalue weighted by atomic mass is 10.0. The third kappa shape index (κ3) is 2.31. The molecule has 1 aromatic rings. The predicted molar refractivity (Wildman–Crippen MR) is 54.4 cm³/mol. The molecular weight excluding hydrogens is 162 g/mol. The molecule has 2 N–H and O–H groups in total.